The number of ether oxygens (including phenoxy) is 1. The van der Waals surface area contributed by atoms with Gasteiger partial charge in [-0.25, -0.2) is 4.98 Å². The Balaban J connectivity index is 1.73. The SMILES string of the molecule is Cc1ccccc1COc1cccn2c(-c3ccncc3)c(C)nc12. The summed E-state index contributed by atoms with van der Waals surface area (Å²) in [6.45, 7) is 4.65. The van der Waals surface area contributed by atoms with Crippen LogP contribution in [-0.4, -0.2) is 14.4 Å². The van der Waals surface area contributed by atoms with Gasteiger partial charge in [-0.3, -0.25) is 9.38 Å². The van der Waals surface area contributed by atoms with Gasteiger partial charge < -0.3 is 4.74 Å². The molecular formula is C21H19N3O. The first-order valence-electron chi connectivity index (χ1n) is 8.29. The molecule has 0 radical (unpaired) electrons. The first-order valence-corrected chi connectivity index (χ1v) is 8.29. The van der Waals surface area contributed by atoms with Crippen molar-refractivity contribution >= 4 is 5.65 Å². The normalized spacial score (nSPS) is 11.0. The molecule has 0 N–H and O–H groups in total. The predicted molar refractivity (Wildman–Crippen MR) is 98.7 cm³/mol. The van der Waals surface area contributed by atoms with Gasteiger partial charge in [-0.15, -0.1) is 0 Å². The quantitative estimate of drug-likeness (QED) is 0.549. The van der Waals surface area contributed by atoms with Crippen molar-refractivity contribution in [1.29, 1.82) is 0 Å². The number of fused-ring (bicyclic) bond motifs is 1. The van der Waals surface area contributed by atoms with Crippen molar-refractivity contribution in [3.05, 3.63) is 83.9 Å². The molecule has 0 aliphatic rings. The highest BCUT2D eigenvalue weighted by atomic mass is 16.5. The summed E-state index contributed by atoms with van der Waals surface area (Å²) in [5, 5.41) is 0. The average Bonchev–Trinajstić information content (AvgIpc) is 2.98. The van der Waals surface area contributed by atoms with Gasteiger partial charge in [-0.1, -0.05) is 24.3 Å². The fourth-order valence-corrected chi connectivity index (χ4v) is 3.05. The van der Waals surface area contributed by atoms with Gasteiger partial charge in [0.1, 0.15) is 6.61 Å². The molecule has 4 aromatic rings. The number of aryl methyl sites for hydroxylation is 2. The molecule has 4 heteroatoms. The molecule has 0 bridgehead atoms. The Bertz CT molecular complexity index is 1020. The number of hydrogen-bond acceptors (Lipinski definition) is 3. The Morgan fingerprint density at radius 2 is 1.76 bits per heavy atom. The van der Waals surface area contributed by atoms with E-state index >= 15 is 0 Å². The van der Waals surface area contributed by atoms with Crippen LogP contribution in [0.1, 0.15) is 16.8 Å². The summed E-state index contributed by atoms with van der Waals surface area (Å²) in [5.41, 5.74) is 6.38. The monoisotopic (exact) mass is 329 g/mol. The summed E-state index contributed by atoms with van der Waals surface area (Å²) in [6, 6.07) is 16.2. The number of benzene rings is 1. The minimum atomic E-state index is 0.531. The molecule has 1 aromatic carbocycles. The van der Waals surface area contributed by atoms with Crippen LogP contribution in [0.5, 0.6) is 5.75 Å². The van der Waals surface area contributed by atoms with E-state index in [1.54, 1.807) is 12.4 Å². The van der Waals surface area contributed by atoms with E-state index in [1.807, 2.05) is 49.5 Å². The highest BCUT2D eigenvalue weighted by Crippen LogP contribution is 2.29. The molecule has 0 saturated carbocycles. The lowest BCUT2D eigenvalue weighted by atomic mass is 10.1. The smallest absolute Gasteiger partial charge is 0.180 e. The molecule has 25 heavy (non-hydrogen) atoms. The van der Waals surface area contributed by atoms with Gasteiger partial charge >= 0.3 is 0 Å². The molecule has 4 rings (SSSR count). The third-order valence-electron chi connectivity index (χ3n) is 4.39. The van der Waals surface area contributed by atoms with Crippen LogP contribution in [0.2, 0.25) is 0 Å². The van der Waals surface area contributed by atoms with Crippen molar-refractivity contribution in [2.75, 3.05) is 0 Å². The maximum atomic E-state index is 6.09. The predicted octanol–water partition coefficient (Wildman–Crippen LogP) is 4.59. The van der Waals surface area contributed by atoms with Crippen molar-refractivity contribution in [1.82, 2.24) is 14.4 Å². The number of imidazole rings is 1. The number of hydrogen-bond donors (Lipinski definition) is 0. The first-order chi connectivity index (χ1) is 12.2. The number of aromatic nitrogens is 3. The molecule has 0 aliphatic carbocycles. The van der Waals surface area contributed by atoms with Gasteiger partial charge in [-0.05, 0) is 49.2 Å². The summed E-state index contributed by atoms with van der Waals surface area (Å²) >= 11 is 0. The molecule has 4 nitrogen and oxygen atoms in total. The van der Waals surface area contributed by atoms with Crippen LogP contribution in [0.3, 0.4) is 0 Å². The van der Waals surface area contributed by atoms with Gasteiger partial charge in [0.2, 0.25) is 0 Å². The minimum Gasteiger partial charge on any atom is -0.485 e. The molecule has 0 atom stereocenters. The summed E-state index contributed by atoms with van der Waals surface area (Å²) in [7, 11) is 0. The summed E-state index contributed by atoms with van der Waals surface area (Å²) < 4.78 is 8.18. The first kappa shape index (κ1) is 15.4. The number of pyridine rings is 2. The van der Waals surface area contributed by atoms with Gasteiger partial charge in [-0.2, -0.15) is 0 Å². The fourth-order valence-electron chi connectivity index (χ4n) is 3.05. The lowest BCUT2D eigenvalue weighted by Gasteiger charge is -2.10. The van der Waals surface area contributed by atoms with E-state index in [-0.39, 0.29) is 0 Å². The van der Waals surface area contributed by atoms with Crippen LogP contribution in [0.15, 0.2) is 67.1 Å². The molecule has 0 spiro atoms. The van der Waals surface area contributed by atoms with Gasteiger partial charge in [0.15, 0.2) is 11.4 Å². The number of nitrogens with zero attached hydrogens (tertiary/aromatic N) is 3. The zero-order valence-electron chi connectivity index (χ0n) is 14.3. The second-order valence-corrected chi connectivity index (χ2v) is 6.06. The molecule has 124 valence electrons. The third kappa shape index (κ3) is 2.87. The van der Waals surface area contributed by atoms with E-state index < -0.39 is 0 Å². The van der Waals surface area contributed by atoms with E-state index in [1.165, 1.54) is 11.1 Å². The molecular weight excluding hydrogens is 310 g/mol. The van der Waals surface area contributed by atoms with Crippen molar-refractivity contribution in [3.63, 3.8) is 0 Å². The van der Waals surface area contributed by atoms with Crippen molar-refractivity contribution in [2.45, 2.75) is 20.5 Å². The Kier molecular flexibility index (Phi) is 3.94. The van der Waals surface area contributed by atoms with Crippen LogP contribution >= 0.6 is 0 Å². The topological polar surface area (TPSA) is 39.4 Å². The Labute approximate surface area is 146 Å². The Morgan fingerprint density at radius 3 is 2.56 bits per heavy atom. The largest absolute Gasteiger partial charge is 0.485 e. The van der Waals surface area contributed by atoms with Crippen LogP contribution in [0.25, 0.3) is 16.9 Å². The maximum absolute atomic E-state index is 6.09. The minimum absolute atomic E-state index is 0.531. The van der Waals surface area contributed by atoms with Crippen molar-refractivity contribution in [2.24, 2.45) is 0 Å². The standard InChI is InChI=1S/C21H19N3O/c1-15-6-3-4-7-18(15)14-25-19-8-5-13-24-20(16(2)23-21(19)24)17-9-11-22-12-10-17/h3-13H,14H2,1-2H3. The fraction of sp³-hybridized carbons (Fsp3) is 0.143. The average molecular weight is 329 g/mol. The lowest BCUT2D eigenvalue weighted by Crippen LogP contribution is -1.99. The maximum Gasteiger partial charge on any atom is 0.180 e. The highest BCUT2D eigenvalue weighted by molar-refractivity contribution is 5.69. The van der Waals surface area contributed by atoms with Crippen molar-refractivity contribution < 1.29 is 4.74 Å². The molecule has 0 fully saturated rings. The number of rotatable bonds is 4. The second kappa shape index (κ2) is 6.40. The van der Waals surface area contributed by atoms with Gasteiger partial charge in [0.25, 0.3) is 0 Å². The molecule has 3 heterocycles. The zero-order valence-corrected chi connectivity index (χ0v) is 14.3. The Hall–Kier alpha value is -3.14. The summed E-state index contributed by atoms with van der Waals surface area (Å²) in [5.74, 6) is 0.786. The van der Waals surface area contributed by atoms with E-state index in [2.05, 4.69) is 28.4 Å². The van der Waals surface area contributed by atoms with E-state index in [9.17, 15) is 0 Å². The van der Waals surface area contributed by atoms with E-state index in [4.69, 9.17) is 9.72 Å². The summed E-state index contributed by atoms with van der Waals surface area (Å²) in [6.07, 6.45) is 5.62. The van der Waals surface area contributed by atoms with Crippen LogP contribution < -0.4 is 4.74 Å². The highest BCUT2D eigenvalue weighted by Gasteiger charge is 2.14. The Morgan fingerprint density at radius 1 is 0.960 bits per heavy atom. The van der Waals surface area contributed by atoms with E-state index in [0.717, 1.165) is 28.3 Å². The summed E-state index contributed by atoms with van der Waals surface area (Å²) in [4.78, 5) is 8.84. The van der Waals surface area contributed by atoms with Gasteiger partial charge in [0, 0.05) is 24.2 Å². The van der Waals surface area contributed by atoms with Crippen LogP contribution in [-0.2, 0) is 6.61 Å². The van der Waals surface area contributed by atoms with E-state index in [0.29, 0.717) is 6.61 Å². The van der Waals surface area contributed by atoms with Crippen molar-refractivity contribution in [3.8, 4) is 17.0 Å². The second-order valence-electron chi connectivity index (χ2n) is 6.06. The molecule has 0 amide bonds. The third-order valence-corrected chi connectivity index (χ3v) is 4.39. The molecule has 0 aliphatic heterocycles. The van der Waals surface area contributed by atoms with Crippen LogP contribution in [0.4, 0.5) is 0 Å². The van der Waals surface area contributed by atoms with Crippen LogP contribution in [0, 0.1) is 13.8 Å². The van der Waals surface area contributed by atoms with Gasteiger partial charge in [0.05, 0.1) is 11.4 Å². The molecule has 0 saturated heterocycles. The lowest BCUT2D eigenvalue weighted by molar-refractivity contribution is 0.307. The zero-order chi connectivity index (χ0) is 17.2. The molecule has 0 unspecified atom stereocenters. The molecule has 3 aromatic heterocycles.